The first-order chi connectivity index (χ1) is 12.6. The van der Waals surface area contributed by atoms with Gasteiger partial charge in [-0.25, -0.2) is 9.37 Å². The third-order valence-electron chi connectivity index (χ3n) is 4.34. The molecule has 0 aliphatic rings. The van der Waals surface area contributed by atoms with Gasteiger partial charge in [-0.05, 0) is 42.8 Å². The molecule has 0 amide bonds. The van der Waals surface area contributed by atoms with Gasteiger partial charge in [0.15, 0.2) is 0 Å². The maximum atomic E-state index is 14.1. The van der Waals surface area contributed by atoms with Gasteiger partial charge in [-0.15, -0.1) is 0 Å². The summed E-state index contributed by atoms with van der Waals surface area (Å²) >= 11 is 0. The lowest BCUT2D eigenvalue weighted by Crippen LogP contribution is -2.18. The molecule has 2 heterocycles. The summed E-state index contributed by atoms with van der Waals surface area (Å²) in [6, 6.07) is 14.5. The Morgan fingerprint density at radius 2 is 2.00 bits per heavy atom. The average molecular weight is 350 g/mol. The first kappa shape index (κ1) is 16.5. The van der Waals surface area contributed by atoms with Gasteiger partial charge in [-0.3, -0.25) is 4.98 Å². The summed E-state index contributed by atoms with van der Waals surface area (Å²) in [5.41, 5.74) is 3.38. The highest BCUT2D eigenvalue weighted by molar-refractivity contribution is 5.83. The number of aliphatic hydroxyl groups is 1. The maximum Gasteiger partial charge on any atom is 0.204 e. The number of anilines is 1. The Morgan fingerprint density at radius 3 is 2.85 bits per heavy atom. The van der Waals surface area contributed by atoms with E-state index in [1.165, 1.54) is 6.07 Å². The highest BCUT2D eigenvalue weighted by Crippen LogP contribution is 2.25. The fourth-order valence-corrected chi connectivity index (χ4v) is 3.10. The number of rotatable bonds is 5. The largest absolute Gasteiger partial charge is 0.392 e. The van der Waals surface area contributed by atoms with Crippen LogP contribution in [-0.4, -0.2) is 32.3 Å². The van der Waals surface area contributed by atoms with E-state index in [0.29, 0.717) is 29.9 Å². The van der Waals surface area contributed by atoms with E-state index in [-0.39, 0.29) is 5.82 Å². The molecule has 26 heavy (non-hydrogen) atoms. The molecule has 0 aliphatic heterocycles. The molecule has 0 bridgehead atoms. The zero-order chi connectivity index (χ0) is 18.1. The van der Waals surface area contributed by atoms with Crippen molar-refractivity contribution in [2.45, 2.75) is 19.6 Å². The zero-order valence-corrected chi connectivity index (χ0v) is 14.4. The standard InChI is InChI=1S/C20H19FN4O/c1-13(26)11-23-20-24-17-6-2-3-7-18(17)25(20)12-14-8-9-16(21)15-5-4-10-22-19(14)15/h2-10,13,26H,11-12H2,1H3,(H,23,24). The van der Waals surface area contributed by atoms with Crippen molar-refractivity contribution in [1.82, 2.24) is 14.5 Å². The zero-order valence-electron chi connectivity index (χ0n) is 14.4. The Hall–Kier alpha value is -2.99. The normalized spacial score (nSPS) is 12.6. The van der Waals surface area contributed by atoms with E-state index in [9.17, 15) is 9.50 Å². The number of aromatic nitrogens is 3. The molecular formula is C20H19FN4O. The summed E-state index contributed by atoms with van der Waals surface area (Å²) in [7, 11) is 0. The number of halogens is 1. The number of imidazole rings is 1. The van der Waals surface area contributed by atoms with Crippen molar-refractivity contribution < 1.29 is 9.50 Å². The number of nitrogens with zero attached hydrogens (tertiary/aromatic N) is 3. The number of aliphatic hydroxyl groups excluding tert-OH is 1. The minimum atomic E-state index is -0.489. The Bertz CT molecular complexity index is 1070. The highest BCUT2D eigenvalue weighted by Gasteiger charge is 2.14. The summed E-state index contributed by atoms with van der Waals surface area (Å²) in [6.07, 6.45) is 1.18. The van der Waals surface area contributed by atoms with E-state index in [2.05, 4.69) is 15.3 Å². The summed E-state index contributed by atoms with van der Waals surface area (Å²) in [5, 5.41) is 13.3. The Kier molecular flexibility index (Phi) is 4.26. The fraction of sp³-hybridized carbons (Fsp3) is 0.200. The first-order valence-electron chi connectivity index (χ1n) is 8.53. The topological polar surface area (TPSA) is 63.0 Å². The summed E-state index contributed by atoms with van der Waals surface area (Å²) in [5.74, 6) is 0.389. The SMILES string of the molecule is CC(O)CNc1nc2ccccc2n1Cc1ccc(F)c2cccnc12. The first-order valence-corrected chi connectivity index (χ1v) is 8.53. The lowest BCUT2D eigenvalue weighted by atomic mass is 10.1. The maximum absolute atomic E-state index is 14.1. The molecule has 1 atom stereocenters. The van der Waals surface area contributed by atoms with Crippen LogP contribution in [0.5, 0.6) is 0 Å². The van der Waals surface area contributed by atoms with Gasteiger partial charge >= 0.3 is 0 Å². The van der Waals surface area contributed by atoms with Crippen molar-refractivity contribution in [3.63, 3.8) is 0 Å². The van der Waals surface area contributed by atoms with E-state index >= 15 is 0 Å². The van der Waals surface area contributed by atoms with Crippen molar-refractivity contribution in [2.24, 2.45) is 0 Å². The van der Waals surface area contributed by atoms with Crippen LogP contribution < -0.4 is 5.32 Å². The molecule has 2 N–H and O–H groups in total. The quantitative estimate of drug-likeness (QED) is 0.578. The van der Waals surface area contributed by atoms with Gasteiger partial charge in [0.1, 0.15) is 5.82 Å². The predicted octanol–water partition coefficient (Wildman–Crippen LogP) is 3.56. The minimum absolute atomic E-state index is 0.278. The second-order valence-electron chi connectivity index (χ2n) is 6.35. The van der Waals surface area contributed by atoms with Crippen molar-refractivity contribution in [2.75, 3.05) is 11.9 Å². The second kappa shape index (κ2) is 6.72. The molecular weight excluding hydrogens is 331 g/mol. The number of pyridine rings is 1. The van der Waals surface area contributed by atoms with Crippen molar-refractivity contribution in [3.8, 4) is 0 Å². The van der Waals surface area contributed by atoms with Crippen molar-refractivity contribution in [3.05, 3.63) is 66.1 Å². The number of hydrogen-bond acceptors (Lipinski definition) is 4. The van der Waals surface area contributed by atoms with E-state index in [0.717, 1.165) is 16.6 Å². The van der Waals surface area contributed by atoms with Gasteiger partial charge in [0.2, 0.25) is 5.95 Å². The molecule has 0 spiro atoms. The molecule has 4 aromatic rings. The second-order valence-corrected chi connectivity index (χ2v) is 6.35. The Morgan fingerprint density at radius 1 is 1.15 bits per heavy atom. The van der Waals surface area contributed by atoms with E-state index in [4.69, 9.17) is 0 Å². The van der Waals surface area contributed by atoms with Crippen LogP contribution in [0.2, 0.25) is 0 Å². The third-order valence-corrected chi connectivity index (χ3v) is 4.34. The number of para-hydroxylation sites is 2. The monoisotopic (exact) mass is 350 g/mol. The van der Waals surface area contributed by atoms with E-state index in [1.54, 1.807) is 31.3 Å². The summed E-state index contributed by atoms with van der Waals surface area (Å²) in [6.45, 7) is 2.61. The molecule has 0 saturated heterocycles. The van der Waals surface area contributed by atoms with Crippen LogP contribution >= 0.6 is 0 Å². The van der Waals surface area contributed by atoms with E-state index < -0.39 is 6.10 Å². The van der Waals surface area contributed by atoms with Gasteiger partial charge < -0.3 is 15.0 Å². The van der Waals surface area contributed by atoms with Crippen LogP contribution in [0.4, 0.5) is 10.3 Å². The van der Waals surface area contributed by atoms with Crippen LogP contribution in [0, 0.1) is 5.82 Å². The van der Waals surface area contributed by atoms with Gasteiger partial charge in [0, 0.05) is 18.1 Å². The highest BCUT2D eigenvalue weighted by atomic mass is 19.1. The van der Waals surface area contributed by atoms with Gasteiger partial charge in [-0.1, -0.05) is 18.2 Å². The molecule has 132 valence electrons. The number of fused-ring (bicyclic) bond motifs is 2. The number of nitrogens with one attached hydrogen (secondary N) is 1. The van der Waals surface area contributed by atoms with Crippen LogP contribution in [-0.2, 0) is 6.54 Å². The van der Waals surface area contributed by atoms with Crippen molar-refractivity contribution in [1.29, 1.82) is 0 Å². The third kappa shape index (κ3) is 2.99. The van der Waals surface area contributed by atoms with Gasteiger partial charge in [0.05, 0.1) is 29.2 Å². The van der Waals surface area contributed by atoms with Crippen molar-refractivity contribution >= 4 is 27.9 Å². The minimum Gasteiger partial charge on any atom is -0.392 e. The number of hydrogen-bond donors (Lipinski definition) is 2. The van der Waals surface area contributed by atoms with Crippen LogP contribution in [0.25, 0.3) is 21.9 Å². The lowest BCUT2D eigenvalue weighted by molar-refractivity contribution is 0.208. The lowest BCUT2D eigenvalue weighted by Gasteiger charge is -2.13. The molecule has 5 nitrogen and oxygen atoms in total. The van der Waals surface area contributed by atoms with Crippen LogP contribution in [0.15, 0.2) is 54.7 Å². The fourth-order valence-electron chi connectivity index (χ4n) is 3.10. The molecule has 0 aliphatic carbocycles. The molecule has 0 radical (unpaired) electrons. The molecule has 0 saturated carbocycles. The smallest absolute Gasteiger partial charge is 0.204 e. The molecule has 6 heteroatoms. The Labute approximate surface area is 150 Å². The predicted molar refractivity (Wildman–Crippen MR) is 101 cm³/mol. The molecule has 4 rings (SSSR count). The van der Waals surface area contributed by atoms with E-state index in [1.807, 2.05) is 28.8 Å². The molecule has 1 unspecified atom stereocenters. The number of benzene rings is 2. The molecule has 2 aromatic carbocycles. The van der Waals surface area contributed by atoms with Crippen LogP contribution in [0.1, 0.15) is 12.5 Å². The molecule has 0 fully saturated rings. The summed E-state index contributed by atoms with van der Waals surface area (Å²) < 4.78 is 16.1. The van der Waals surface area contributed by atoms with Gasteiger partial charge in [-0.2, -0.15) is 0 Å². The van der Waals surface area contributed by atoms with Crippen LogP contribution in [0.3, 0.4) is 0 Å². The average Bonchev–Trinajstić information content (AvgIpc) is 3.00. The summed E-state index contributed by atoms with van der Waals surface area (Å²) in [4.78, 5) is 9.00. The Balaban J connectivity index is 1.82. The molecule has 2 aromatic heterocycles. The van der Waals surface area contributed by atoms with Gasteiger partial charge in [0.25, 0.3) is 0 Å².